The van der Waals surface area contributed by atoms with Crippen molar-refractivity contribution in [3.8, 4) is 16.9 Å². The zero-order valence-electron chi connectivity index (χ0n) is 13.6. The summed E-state index contributed by atoms with van der Waals surface area (Å²) in [4.78, 5) is 15.9. The van der Waals surface area contributed by atoms with Gasteiger partial charge in [0.05, 0.1) is 0 Å². The number of hydrogen-bond donors (Lipinski definition) is 3. The molecule has 122 valence electrons. The van der Waals surface area contributed by atoms with Gasteiger partial charge in [-0.2, -0.15) is 0 Å². The first-order valence-electron chi connectivity index (χ1n) is 7.82. The third kappa shape index (κ3) is 3.15. The Balaban J connectivity index is 2.05. The maximum absolute atomic E-state index is 11.7. The number of phenolic OH excluding ortho intramolecular Hbond substituents is 1. The highest BCUT2D eigenvalue weighted by atomic mass is 16.3. The zero-order chi connectivity index (χ0) is 17.1. The number of aromatic nitrogens is 1. The zero-order valence-corrected chi connectivity index (χ0v) is 13.6. The molecule has 0 saturated carbocycles. The maximum Gasteiger partial charge on any atom is 0.320 e. The Labute approximate surface area is 140 Å². The summed E-state index contributed by atoms with van der Waals surface area (Å²) in [7, 11) is 0. The lowest BCUT2D eigenvalue weighted by molar-refractivity contribution is 0.252. The number of aromatic hydroxyl groups is 1. The number of aryl methyl sites for hydroxylation is 1. The standard InChI is InChI=1S/C19H19N3O2/c1-3-20-19(24)22-18-10-14-9-13(8-12(2)16(14)11-21-18)15-6-4-5-7-17(15)23/h4-11,23H,3H2,1-2H3,(H2,20,21,22,24). The average molecular weight is 321 g/mol. The van der Waals surface area contributed by atoms with Crippen LogP contribution in [-0.4, -0.2) is 22.7 Å². The number of rotatable bonds is 3. The summed E-state index contributed by atoms with van der Waals surface area (Å²) in [5.41, 5.74) is 2.76. The molecule has 5 nitrogen and oxygen atoms in total. The van der Waals surface area contributed by atoms with Gasteiger partial charge in [0.25, 0.3) is 0 Å². The van der Waals surface area contributed by atoms with Crippen molar-refractivity contribution in [3.63, 3.8) is 0 Å². The van der Waals surface area contributed by atoms with Crippen molar-refractivity contribution in [3.05, 3.63) is 54.2 Å². The van der Waals surface area contributed by atoms with Crippen molar-refractivity contribution < 1.29 is 9.90 Å². The van der Waals surface area contributed by atoms with Crippen LogP contribution in [0.1, 0.15) is 12.5 Å². The van der Waals surface area contributed by atoms with Crippen molar-refractivity contribution in [2.75, 3.05) is 11.9 Å². The summed E-state index contributed by atoms with van der Waals surface area (Å²) >= 11 is 0. The topological polar surface area (TPSA) is 74.2 Å². The Morgan fingerprint density at radius 2 is 2.00 bits per heavy atom. The number of para-hydroxylation sites is 1. The average Bonchev–Trinajstić information content (AvgIpc) is 2.55. The summed E-state index contributed by atoms with van der Waals surface area (Å²) in [6.07, 6.45) is 1.75. The van der Waals surface area contributed by atoms with Crippen LogP contribution in [-0.2, 0) is 0 Å². The quantitative estimate of drug-likeness (QED) is 0.681. The van der Waals surface area contributed by atoms with Gasteiger partial charge < -0.3 is 10.4 Å². The van der Waals surface area contributed by atoms with Gasteiger partial charge >= 0.3 is 6.03 Å². The summed E-state index contributed by atoms with van der Waals surface area (Å²) in [5, 5.41) is 17.4. The molecule has 0 aliphatic heterocycles. The smallest absolute Gasteiger partial charge is 0.320 e. The summed E-state index contributed by atoms with van der Waals surface area (Å²) < 4.78 is 0. The molecular formula is C19H19N3O2. The molecule has 0 atom stereocenters. The highest BCUT2D eigenvalue weighted by Crippen LogP contribution is 2.33. The van der Waals surface area contributed by atoms with Crippen LogP contribution in [0.25, 0.3) is 21.9 Å². The maximum atomic E-state index is 11.7. The number of urea groups is 1. The summed E-state index contributed by atoms with van der Waals surface area (Å²) in [6.45, 7) is 4.41. The first kappa shape index (κ1) is 15.8. The number of phenols is 1. The lowest BCUT2D eigenvalue weighted by atomic mass is 9.98. The minimum absolute atomic E-state index is 0.242. The fourth-order valence-corrected chi connectivity index (χ4v) is 2.70. The molecule has 0 aliphatic rings. The number of amides is 2. The molecule has 3 rings (SSSR count). The van der Waals surface area contributed by atoms with Crippen molar-refractivity contribution in [1.82, 2.24) is 10.3 Å². The second kappa shape index (κ2) is 6.58. The normalized spacial score (nSPS) is 10.6. The lowest BCUT2D eigenvalue weighted by Gasteiger charge is -2.11. The number of benzene rings is 2. The molecule has 0 spiro atoms. The molecule has 2 aromatic carbocycles. The second-order valence-corrected chi connectivity index (χ2v) is 5.59. The van der Waals surface area contributed by atoms with Gasteiger partial charge in [-0.1, -0.05) is 24.3 Å². The molecule has 2 amide bonds. The van der Waals surface area contributed by atoms with Crippen molar-refractivity contribution in [2.24, 2.45) is 0 Å². The van der Waals surface area contributed by atoms with Crippen molar-refractivity contribution in [2.45, 2.75) is 13.8 Å². The molecule has 0 bridgehead atoms. The Morgan fingerprint density at radius 3 is 2.75 bits per heavy atom. The first-order valence-corrected chi connectivity index (χ1v) is 7.82. The Hall–Kier alpha value is -3.08. The molecule has 3 N–H and O–H groups in total. The molecule has 0 fully saturated rings. The van der Waals surface area contributed by atoms with Crippen LogP contribution < -0.4 is 10.6 Å². The monoisotopic (exact) mass is 321 g/mol. The minimum Gasteiger partial charge on any atom is -0.507 e. The van der Waals surface area contributed by atoms with Crippen LogP contribution in [0, 0.1) is 6.92 Å². The van der Waals surface area contributed by atoms with E-state index in [-0.39, 0.29) is 11.8 Å². The minimum atomic E-state index is -0.280. The number of nitrogens with one attached hydrogen (secondary N) is 2. The van der Waals surface area contributed by atoms with Crippen LogP contribution in [0.2, 0.25) is 0 Å². The van der Waals surface area contributed by atoms with Gasteiger partial charge in [0.1, 0.15) is 11.6 Å². The summed E-state index contributed by atoms with van der Waals surface area (Å²) in [5.74, 6) is 0.730. The van der Waals surface area contributed by atoms with Crippen LogP contribution in [0.5, 0.6) is 5.75 Å². The fraction of sp³-hybridized carbons (Fsp3) is 0.158. The Bertz CT molecular complexity index is 906. The van der Waals surface area contributed by atoms with E-state index in [0.717, 1.165) is 27.5 Å². The van der Waals surface area contributed by atoms with E-state index in [1.54, 1.807) is 18.3 Å². The number of hydrogen-bond acceptors (Lipinski definition) is 3. The van der Waals surface area contributed by atoms with E-state index >= 15 is 0 Å². The van der Waals surface area contributed by atoms with Gasteiger partial charge in [0.2, 0.25) is 0 Å². The fourth-order valence-electron chi connectivity index (χ4n) is 2.70. The molecule has 0 saturated heterocycles. The first-order chi connectivity index (χ1) is 11.6. The molecule has 1 aromatic heterocycles. The van der Waals surface area contributed by atoms with E-state index in [4.69, 9.17) is 0 Å². The van der Waals surface area contributed by atoms with Crippen LogP contribution in [0.15, 0.2) is 48.7 Å². The van der Waals surface area contributed by atoms with E-state index in [9.17, 15) is 9.90 Å². The van der Waals surface area contributed by atoms with Crippen molar-refractivity contribution >= 4 is 22.6 Å². The van der Waals surface area contributed by atoms with E-state index in [2.05, 4.69) is 15.6 Å². The number of pyridine rings is 1. The van der Waals surface area contributed by atoms with Gasteiger partial charge in [-0.3, -0.25) is 5.32 Å². The van der Waals surface area contributed by atoms with Gasteiger partial charge in [0.15, 0.2) is 0 Å². The molecule has 24 heavy (non-hydrogen) atoms. The number of nitrogens with zero attached hydrogens (tertiary/aromatic N) is 1. The third-order valence-electron chi connectivity index (χ3n) is 3.84. The summed E-state index contributed by atoms with van der Waals surface area (Å²) in [6, 6.07) is 12.8. The van der Waals surface area contributed by atoms with Gasteiger partial charge in [-0.25, -0.2) is 9.78 Å². The van der Waals surface area contributed by atoms with Crippen LogP contribution in [0.3, 0.4) is 0 Å². The molecule has 1 heterocycles. The molecule has 5 heteroatoms. The highest BCUT2D eigenvalue weighted by Gasteiger charge is 2.09. The number of carbonyl (C=O) groups excluding carboxylic acids is 1. The lowest BCUT2D eigenvalue weighted by Crippen LogP contribution is -2.28. The van der Waals surface area contributed by atoms with Gasteiger partial charge in [-0.05, 0) is 48.6 Å². The third-order valence-corrected chi connectivity index (χ3v) is 3.84. The number of anilines is 1. The van der Waals surface area contributed by atoms with Gasteiger partial charge in [0, 0.05) is 23.7 Å². The number of fused-ring (bicyclic) bond motifs is 1. The largest absolute Gasteiger partial charge is 0.507 e. The van der Waals surface area contributed by atoms with E-state index in [0.29, 0.717) is 12.4 Å². The number of carbonyl (C=O) groups is 1. The molecule has 3 aromatic rings. The van der Waals surface area contributed by atoms with E-state index in [1.165, 1.54) is 0 Å². The Kier molecular flexibility index (Phi) is 4.33. The highest BCUT2D eigenvalue weighted by molar-refractivity contribution is 5.95. The molecular weight excluding hydrogens is 302 g/mol. The Morgan fingerprint density at radius 1 is 1.21 bits per heavy atom. The van der Waals surface area contributed by atoms with Crippen LogP contribution >= 0.6 is 0 Å². The predicted molar refractivity (Wildman–Crippen MR) is 96.3 cm³/mol. The van der Waals surface area contributed by atoms with E-state index in [1.807, 2.05) is 44.2 Å². The van der Waals surface area contributed by atoms with Gasteiger partial charge in [-0.15, -0.1) is 0 Å². The van der Waals surface area contributed by atoms with E-state index < -0.39 is 0 Å². The predicted octanol–water partition coefficient (Wildman–Crippen LogP) is 4.06. The SMILES string of the molecule is CCNC(=O)Nc1cc2cc(-c3ccccc3O)cc(C)c2cn1. The second-order valence-electron chi connectivity index (χ2n) is 5.59. The molecule has 0 unspecified atom stereocenters. The molecule has 0 radical (unpaired) electrons. The van der Waals surface area contributed by atoms with Crippen molar-refractivity contribution in [1.29, 1.82) is 0 Å². The van der Waals surface area contributed by atoms with Crippen LogP contribution in [0.4, 0.5) is 10.6 Å². The molecule has 0 aliphatic carbocycles.